The van der Waals surface area contributed by atoms with Gasteiger partial charge in [-0.3, -0.25) is 0 Å². The van der Waals surface area contributed by atoms with E-state index in [1.807, 2.05) is 93.6 Å². The van der Waals surface area contributed by atoms with Crippen molar-refractivity contribution in [3.8, 4) is 17.2 Å². The minimum Gasteiger partial charge on any atom is -0.497 e. The summed E-state index contributed by atoms with van der Waals surface area (Å²) in [6.45, 7) is 5.98. The molecule has 0 heterocycles. The molecular weight excluding hydrogens is 362 g/mol. The van der Waals surface area contributed by atoms with Crippen LogP contribution in [0.25, 0.3) is 0 Å². The Balaban J connectivity index is 1.88. The van der Waals surface area contributed by atoms with Gasteiger partial charge in [-0.2, -0.15) is 0 Å². The number of aliphatic imine (C=N–C) groups is 1. The van der Waals surface area contributed by atoms with Crippen molar-refractivity contribution in [3.05, 3.63) is 95.8 Å². The molecule has 148 valence electrons. The molecule has 0 bridgehead atoms. The molecule has 0 saturated heterocycles. The molecule has 3 aromatic rings. The first-order valence-corrected chi connectivity index (χ1v) is 9.41. The van der Waals surface area contributed by atoms with Crippen molar-refractivity contribution in [2.75, 3.05) is 7.11 Å². The molecule has 4 heteroatoms. The van der Waals surface area contributed by atoms with Crippen molar-refractivity contribution in [1.82, 2.24) is 0 Å². The molecule has 0 saturated carbocycles. The maximum atomic E-state index is 6.10. The zero-order valence-electron chi connectivity index (χ0n) is 17.2. The first-order valence-electron chi connectivity index (χ1n) is 9.41. The average Bonchev–Trinajstić information content (AvgIpc) is 2.73. The summed E-state index contributed by atoms with van der Waals surface area (Å²) in [5.41, 5.74) is 3.82. The number of methoxy groups -OCH3 is 1. The van der Waals surface area contributed by atoms with Gasteiger partial charge >= 0.3 is 0 Å². The first-order chi connectivity index (χ1) is 14.0. The zero-order valence-corrected chi connectivity index (χ0v) is 17.2. The van der Waals surface area contributed by atoms with Crippen molar-refractivity contribution < 1.29 is 14.2 Å². The van der Waals surface area contributed by atoms with Gasteiger partial charge in [-0.25, -0.2) is 4.99 Å². The molecule has 0 aliphatic carbocycles. The Morgan fingerprint density at radius 1 is 0.793 bits per heavy atom. The maximum absolute atomic E-state index is 6.10. The number of nitrogens with zero attached hydrogens (tertiary/aromatic N) is 1. The minimum atomic E-state index is 0.466. The normalized spacial score (nSPS) is 11.9. The van der Waals surface area contributed by atoms with Gasteiger partial charge in [0.05, 0.1) is 19.1 Å². The molecule has 0 aliphatic rings. The van der Waals surface area contributed by atoms with Crippen LogP contribution in [-0.4, -0.2) is 13.0 Å². The van der Waals surface area contributed by atoms with Crippen LogP contribution >= 0.6 is 0 Å². The quantitative estimate of drug-likeness (QED) is 0.279. The van der Waals surface area contributed by atoms with Crippen LogP contribution in [0.3, 0.4) is 0 Å². The Morgan fingerprint density at radius 3 is 2.14 bits per heavy atom. The first kappa shape index (κ1) is 20.2. The van der Waals surface area contributed by atoms with Gasteiger partial charge in [0.15, 0.2) is 0 Å². The summed E-state index contributed by atoms with van der Waals surface area (Å²) < 4.78 is 17.1. The molecule has 4 nitrogen and oxygen atoms in total. The second-order valence-corrected chi connectivity index (χ2v) is 6.77. The van der Waals surface area contributed by atoms with Crippen LogP contribution in [0.2, 0.25) is 0 Å². The standard InChI is InChI=1S/C25H25NO3/c1-18-8-12-23(13-9-18)28-17-20(3)25(29-24-7-5-6-19(2)16-24)26-21-10-14-22(27-4)15-11-21/h5-17H,1-4H3/b20-17+,26-25+. The summed E-state index contributed by atoms with van der Waals surface area (Å²) >= 11 is 0. The van der Waals surface area contributed by atoms with E-state index in [1.54, 1.807) is 13.4 Å². The van der Waals surface area contributed by atoms with Crippen LogP contribution in [-0.2, 0) is 0 Å². The van der Waals surface area contributed by atoms with E-state index in [2.05, 4.69) is 4.99 Å². The van der Waals surface area contributed by atoms with Crippen LogP contribution in [0.5, 0.6) is 17.2 Å². The van der Waals surface area contributed by atoms with Crippen LogP contribution in [0.15, 0.2) is 89.6 Å². The van der Waals surface area contributed by atoms with E-state index in [9.17, 15) is 0 Å². The molecule has 0 N–H and O–H groups in total. The van der Waals surface area contributed by atoms with Gasteiger partial charge in [-0.1, -0.05) is 29.8 Å². The van der Waals surface area contributed by atoms with Gasteiger partial charge in [0.2, 0.25) is 5.90 Å². The zero-order chi connectivity index (χ0) is 20.6. The molecule has 0 fully saturated rings. The molecule has 0 amide bonds. The second-order valence-electron chi connectivity index (χ2n) is 6.77. The summed E-state index contributed by atoms with van der Waals surface area (Å²) in [6, 6.07) is 23.2. The van der Waals surface area contributed by atoms with Crippen LogP contribution in [0, 0.1) is 13.8 Å². The molecule has 0 unspecified atom stereocenters. The maximum Gasteiger partial charge on any atom is 0.225 e. The lowest BCUT2D eigenvalue weighted by atomic mass is 10.2. The smallest absolute Gasteiger partial charge is 0.225 e. The van der Waals surface area contributed by atoms with Gasteiger partial charge < -0.3 is 14.2 Å². The lowest BCUT2D eigenvalue weighted by Gasteiger charge is -2.11. The summed E-state index contributed by atoms with van der Waals surface area (Å²) in [6.07, 6.45) is 1.66. The highest BCUT2D eigenvalue weighted by atomic mass is 16.5. The molecule has 0 spiro atoms. The lowest BCUT2D eigenvalue weighted by molar-refractivity contribution is 0.415. The number of hydrogen-bond acceptors (Lipinski definition) is 4. The van der Waals surface area contributed by atoms with E-state index in [-0.39, 0.29) is 0 Å². The van der Waals surface area contributed by atoms with Crippen molar-refractivity contribution in [2.45, 2.75) is 20.8 Å². The molecule has 0 aliphatic heterocycles. The average molecular weight is 387 g/mol. The predicted molar refractivity (Wildman–Crippen MR) is 117 cm³/mol. The highest BCUT2D eigenvalue weighted by Gasteiger charge is 2.08. The number of aryl methyl sites for hydroxylation is 2. The van der Waals surface area contributed by atoms with Crippen LogP contribution in [0.1, 0.15) is 18.1 Å². The molecule has 0 aromatic heterocycles. The number of rotatable bonds is 6. The third kappa shape index (κ3) is 5.98. The number of benzene rings is 3. The Labute approximate surface area is 172 Å². The fraction of sp³-hybridized carbons (Fsp3) is 0.160. The molecule has 3 rings (SSSR count). The summed E-state index contributed by atoms with van der Waals surface area (Å²) in [5.74, 6) is 2.72. The highest BCUT2D eigenvalue weighted by Crippen LogP contribution is 2.21. The Kier molecular flexibility index (Phi) is 6.69. The van der Waals surface area contributed by atoms with Crippen LogP contribution < -0.4 is 14.2 Å². The van der Waals surface area contributed by atoms with Gasteiger partial charge in [-0.15, -0.1) is 0 Å². The summed E-state index contributed by atoms with van der Waals surface area (Å²) in [5, 5.41) is 0. The molecule has 0 atom stereocenters. The fourth-order valence-corrected chi connectivity index (χ4v) is 2.58. The van der Waals surface area contributed by atoms with Crippen LogP contribution in [0.4, 0.5) is 5.69 Å². The molecule has 29 heavy (non-hydrogen) atoms. The topological polar surface area (TPSA) is 40.0 Å². The van der Waals surface area contributed by atoms with Crippen molar-refractivity contribution in [1.29, 1.82) is 0 Å². The summed E-state index contributed by atoms with van der Waals surface area (Å²) in [4.78, 5) is 4.68. The molecule has 0 radical (unpaired) electrons. The van der Waals surface area contributed by atoms with E-state index >= 15 is 0 Å². The van der Waals surface area contributed by atoms with Gasteiger partial charge in [-0.05, 0) is 74.9 Å². The van der Waals surface area contributed by atoms with E-state index in [1.165, 1.54) is 5.56 Å². The fourth-order valence-electron chi connectivity index (χ4n) is 2.58. The number of hydrogen-bond donors (Lipinski definition) is 0. The predicted octanol–water partition coefficient (Wildman–Crippen LogP) is 6.40. The molecule has 3 aromatic carbocycles. The van der Waals surface area contributed by atoms with E-state index < -0.39 is 0 Å². The second kappa shape index (κ2) is 9.60. The monoisotopic (exact) mass is 387 g/mol. The molecular formula is C25H25NO3. The van der Waals surface area contributed by atoms with Gasteiger partial charge in [0.1, 0.15) is 17.2 Å². The third-order valence-corrected chi connectivity index (χ3v) is 4.24. The van der Waals surface area contributed by atoms with E-state index in [0.717, 1.165) is 34.1 Å². The third-order valence-electron chi connectivity index (χ3n) is 4.24. The van der Waals surface area contributed by atoms with Crippen molar-refractivity contribution in [3.63, 3.8) is 0 Å². The van der Waals surface area contributed by atoms with Crippen molar-refractivity contribution >= 4 is 11.6 Å². The number of ether oxygens (including phenoxy) is 3. The Morgan fingerprint density at radius 2 is 1.48 bits per heavy atom. The Bertz CT molecular complexity index is 1000. The minimum absolute atomic E-state index is 0.466. The summed E-state index contributed by atoms with van der Waals surface area (Å²) in [7, 11) is 1.64. The lowest BCUT2D eigenvalue weighted by Crippen LogP contribution is -2.11. The van der Waals surface area contributed by atoms with Gasteiger partial charge in [0, 0.05) is 5.57 Å². The van der Waals surface area contributed by atoms with E-state index in [0.29, 0.717) is 5.90 Å². The van der Waals surface area contributed by atoms with Gasteiger partial charge in [0.25, 0.3) is 0 Å². The SMILES string of the molecule is COc1ccc(/N=C(Oc2cccc(C)c2)\C(C)=C\Oc2ccc(C)cc2)cc1. The van der Waals surface area contributed by atoms with Crippen molar-refractivity contribution in [2.24, 2.45) is 4.99 Å². The van der Waals surface area contributed by atoms with E-state index in [4.69, 9.17) is 14.2 Å². The largest absolute Gasteiger partial charge is 0.497 e. The Hall–Kier alpha value is -3.53. The highest BCUT2D eigenvalue weighted by molar-refractivity contribution is 5.96.